The number of hydrogen-bond acceptors (Lipinski definition) is 3. The Morgan fingerprint density at radius 3 is 3.27 bits per heavy atom. The minimum Gasteiger partial charge on any atom is -0.473 e. The highest BCUT2D eigenvalue weighted by Crippen LogP contribution is 2.00. The van der Waals surface area contributed by atoms with Crippen LogP contribution in [0.15, 0.2) is 24.4 Å². The predicted molar refractivity (Wildman–Crippen MR) is 41.2 cm³/mol. The van der Waals surface area contributed by atoms with Crippen LogP contribution in [0.2, 0.25) is 0 Å². The summed E-state index contributed by atoms with van der Waals surface area (Å²) in [5.74, 6) is 0.554. The van der Waals surface area contributed by atoms with Crippen LogP contribution in [0.1, 0.15) is 6.92 Å². The van der Waals surface area contributed by atoms with Crippen LogP contribution in [0, 0.1) is 6.33 Å². The zero-order valence-electron chi connectivity index (χ0n) is 6.32. The van der Waals surface area contributed by atoms with Crippen LogP contribution in [0.4, 0.5) is 0 Å². The van der Waals surface area contributed by atoms with Gasteiger partial charge >= 0.3 is 0 Å². The van der Waals surface area contributed by atoms with Gasteiger partial charge in [-0.2, -0.15) is 4.98 Å². The minimum absolute atomic E-state index is 0.543. The van der Waals surface area contributed by atoms with E-state index in [4.69, 9.17) is 4.74 Å². The molecule has 3 nitrogen and oxygen atoms in total. The van der Waals surface area contributed by atoms with Crippen LogP contribution in [-0.2, 0) is 0 Å². The molecule has 57 valence electrons. The quantitative estimate of drug-likeness (QED) is 0.606. The molecular formula is C8H9N2O. The van der Waals surface area contributed by atoms with Gasteiger partial charge in [-0.25, -0.2) is 4.98 Å². The first-order valence-electron chi connectivity index (χ1n) is 3.36. The molecule has 0 aliphatic heterocycles. The Labute approximate surface area is 65.8 Å². The zero-order valence-corrected chi connectivity index (χ0v) is 6.32. The van der Waals surface area contributed by atoms with Crippen LogP contribution >= 0.6 is 0 Å². The van der Waals surface area contributed by atoms with E-state index in [0.29, 0.717) is 12.5 Å². The number of nitrogens with zero attached hydrogens (tertiary/aromatic N) is 2. The molecule has 0 saturated carbocycles. The van der Waals surface area contributed by atoms with Gasteiger partial charge in [0.15, 0.2) is 0 Å². The van der Waals surface area contributed by atoms with E-state index in [0.717, 1.165) is 0 Å². The molecule has 1 heterocycles. The Hall–Kier alpha value is -1.38. The molecule has 0 aliphatic carbocycles. The van der Waals surface area contributed by atoms with Gasteiger partial charge in [0.2, 0.25) is 12.2 Å². The Balaban J connectivity index is 2.39. The van der Waals surface area contributed by atoms with Gasteiger partial charge < -0.3 is 4.74 Å². The molecule has 3 heteroatoms. The van der Waals surface area contributed by atoms with Gasteiger partial charge in [0.05, 0.1) is 0 Å². The second-order valence-corrected chi connectivity index (χ2v) is 1.87. The Bertz CT molecular complexity index is 221. The molecule has 1 aromatic rings. The summed E-state index contributed by atoms with van der Waals surface area (Å²) < 4.78 is 5.18. The molecule has 0 N–H and O–H groups in total. The zero-order chi connectivity index (χ0) is 7.94. The standard InChI is InChI=1S/C8H9N2O/c1-2-3-6-11-8-4-5-9-7-10-8/h2-5H,6H2,1H3. The van der Waals surface area contributed by atoms with Crippen LogP contribution in [0.5, 0.6) is 5.88 Å². The number of aromatic nitrogens is 2. The van der Waals surface area contributed by atoms with E-state index in [9.17, 15) is 0 Å². The molecule has 0 fully saturated rings. The maximum atomic E-state index is 5.18. The Morgan fingerprint density at radius 1 is 1.73 bits per heavy atom. The van der Waals surface area contributed by atoms with Crippen molar-refractivity contribution in [1.82, 2.24) is 9.97 Å². The first-order valence-corrected chi connectivity index (χ1v) is 3.36. The molecule has 0 spiro atoms. The van der Waals surface area contributed by atoms with Crippen LogP contribution in [0.25, 0.3) is 0 Å². The number of ether oxygens (including phenoxy) is 1. The van der Waals surface area contributed by atoms with E-state index >= 15 is 0 Å². The van der Waals surface area contributed by atoms with E-state index in [1.54, 1.807) is 12.3 Å². The second-order valence-electron chi connectivity index (χ2n) is 1.87. The van der Waals surface area contributed by atoms with Gasteiger partial charge in [-0.3, -0.25) is 0 Å². The predicted octanol–water partition coefficient (Wildman–Crippen LogP) is 1.23. The van der Waals surface area contributed by atoms with Crippen molar-refractivity contribution in [2.75, 3.05) is 6.61 Å². The molecule has 0 atom stereocenters. The molecule has 0 aromatic carbocycles. The fourth-order valence-electron chi connectivity index (χ4n) is 0.560. The molecular weight excluding hydrogens is 140 g/mol. The van der Waals surface area contributed by atoms with Gasteiger partial charge in [-0.15, -0.1) is 0 Å². The fourth-order valence-corrected chi connectivity index (χ4v) is 0.560. The van der Waals surface area contributed by atoms with E-state index in [1.165, 1.54) is 0 Å². The molecule has 1 rings (SSSR count). The average molecular weight is 149 g/mol. The topological polar surface area (TPSA) is 35.0 Å². The maximum Gasteiger partial charge on any atom is 0.217 e. The first-order chi connectivity index (χ1) is 5.43. The SMILES string of the molecule is CC=CCOc1ccn[c]n1. The summed E-state index contributed by atoms with van der Waals surface area (Å²) in [5.41, 5.74) is 0. The second kappa shape index (κ2) is 4.44. The molecule has 0 aliphatic rings. The van der Waals surface area contributed by atoms with E-state index in [-0.39, 0.29) is 0 Å². The fraction of sp³-hybridized carbons (Fsp3) is 0.250. The highest BCUT2D eigenvalue weighted by Gasteiger charge is 1.88. The van der Waals surface area contributed by atoms with Gasteiger partial charge in [0.25, 0.3) is 0 Å². The summed E-state index contributed by atoms with van der Waals surface area (Å²) in [4.78, 5) is 7.40. The van der Waals surface area contributed by atoms with Crippen molar-refractivity contribution < 1.29 is 4.74 Å². The summed E-state index contributed by atoms with van der Waals surface area (Å²) in [6.07, 6.45) is 7.86. The minimum atomic E-state index is 0.543. The third-order valence-corrected chi connectivity index (χ3v) is 1.07. The van der Waals surface area contributed by atoms with Gasteiger partial charge in [-0.1, -0.05) is 12.2 Å². The average Bonchev–Trinajstić information content (AvgIpc) is 2.07. The lowest BCUT2D eigenvalue weighted by molar-refractivity contribution is 0.347. The van der Waals surface area contributed by atoms with Crippen molar-refractivity contribution in [3.05, 3.63) is 30.7 Å². The van der Waals surface area contributed by atoms with Crippen molar-refractivity contribution in [3.63, 3.8) is 0 Å². The van der Waals surface area contributed by atoms with Gasteiger partial charge in [0, 0.05) is 12.3 Å². The highest BCUT2D eigenvalue weighted by molar-refractivity contribution is 5.04. The normalized spacial score (nSPS) is 10.3. The summed E-state index contributed by atoms with van der Waals surface area (Å²) in [6, 6.07) is 1.69. The van der Waals surface area contributed by atoms with Crippen LogP contribution < -0.4 is 4.74 Å². The summed E-state index contributed by atoms with van der Waals surface area (Å²) in [5, 5.41) is 0. The Morgan fingerprint density at radius 2 is 2.64 bits per heavy atom. The third-order valence-electron chi connectivity index (χ3n) is 1.07. The smallest absolute Gasteiger partial charge is 0.217 e. The van der Waals surface area contributed by atoms with Crippen molar-refractivity contribution >= 4 is 0 Å². The van der Waals surface area contributed by atoms with Crippen molar-refractivity contribution in [2.45, 2.75) is 6.92 Å². The molecule has 0 unspecified atom stereocenters. The van der Waals surface area contributed by atoms with E-state index in [2.05, 4.69) is 16.3 Å². The molecule has 0 saturated heterocycles. The number of hydrogen-bond donors (Lipinski definition) is 0. The molecule has 0 amide bonds. The van der Waals surface area contributed by atoms with Gasteiger partial charge in [-0.05, 0) is 6.92 Å². The lowest BCUT2D eigenvalue weighted by atomic mass is 10.5. The van der Waals surface area contributed by atoms with Crippen LogP contribution in [-0.4, -0.2) is 16.6 Å². The summed E-state index contributed by atoms with van der Waals surface area (Å²) >= 11 is 0. The lowest BCUT2D eigenvalue weighted by Gasteiger charge is -1.98. The van der Waals surface area contributed by atoms with Crippen molar-refractivity contribution in [3.8, 4) is 5.88 Å². The molecule has 1 radical (unpaired) electrons. The van der Waals surface area contributed by atoms with Crippen molar-refractivity contribution in [2.24, 2.45) is 0 Å². The lowest BCUT2D eigenvalue weighted by Crippen LogP contribution is -1.95. The first kappa shape index (κ1) is 7.72. The highest BCUT2D eigenvalue weighted by atomic mass is 16.5. The maximum absolute atomic E-state index is 5.18. The van der Waals surface area contributed by atoms with E-state index in [1.807, 2.05) is 19.1 Å². The van der Waals surface area contributed by atoms with Gasteiger partial charge in [0.1, 0.15) is 6.61 Å². The molecule has 1 aromatic heterocycles. The monoisotopic (exact) mass is 149 g/mol. The Kier molecular flexibility index (Phi) is 3.12. The van der Waals surface area contributed by atoms with E-state index < -0.39 is 0 Å². The summed E-state index contributed by atoms with van der Waals surface area (Å²) in [6.45, 7) is 2.48. The van der Waals surface area contributed by atoms with Crippen LogP contribution in [0.3, 0.4) is 0 Å². The number of allylic oxidation sites excluding steroid dienone is 1. The van der Waals surface area contributed by atoms with Crippen molar-refractivity contribution in [1.29, 1.82) is 0 Å². The number of rotatable bonds is 3. The largest absolute Gasteiger partial charge is 0.473 e. The third kappa shape index (κ3) is 2.80. The molecule has 11 heavy (non-hydrogen) atoms. The molecule has 0 bridgehead atoms. The summed E-state index contributed by atoms with van der Waals surface area (Å²) in [7, 11) is 0.